The van der Waals surface area contributed by atoms with Crippen LogP contribution in [0.5, 0.6) is 0 Å². The van der Waals surface area contributed by atoms with Crippen LogP contribution in [0.3, 0.4) is 0 Å². The molecule has 16 heavy (non-hydrogen) atoms. The molecule has 0 aromatic rings. The van der Waals surface area contributed by atoms with E-state index in [0.29, 0.717) is 19.7 Å². The summed E-state index contributed by atoms with van der Waals surface area (Å²) in [6.45, 7) is 5.42. The standard InChI is InChI=1S/C11H23N3O2/c1-2-3-6-14(7-5-12)11(15)13-10-4-8-16-9-10/h10H,2-9,12H2,1H3,(H,13,15). The number of nitrogens with two attached hydrogens (primary N) is 1. The molecule has 5 nitrogen and oxygen atoms in total. The number of carbonyl (C=O) groups excluding carboxylic acids is 1. The minimum absolute atomic E-state index is 0.00519. The first-order valence-electron chi connectivity index (χ1n) is 6.11. The normalized spacial score (nSPS) is 19.8. The van der Waals surface area contributed by atoms with Crippen molar-refractivity contribution >= 4 is 6.03 Å². The summed E-state index contributed by atoms with van der Waals surface area (Å²) < 4.78 is 5.22. The Bertz CT molecular complexity index is 205. The molecule has 1 atom stereocenters. The van der Waals surface area contributed by atoms with E-state index < -0.39 is 0 Å². The van der Waals surface area contributed by atoms with Gasteiger partial charge in [-0.3, -0.25) is 0 Å². The number of amides is 2. The van der Waals surface area contributed by atoms with Crippen LogP contribution in [0.2, 0.25) is 0 Å². The van der Waals surface area contributed by atoms with E-state index in [0.717, 1.165) is 32.4 Å². The molecule has 1 heterocycles. The SMILES string of the molecule is CCCCN(CCN)C(=O)NC1CCOC1. The van der Waals surface area contributed by atoms with Crippen LogP contribution in [0.15, 0.2) is 0 Å². The molecule has 1 aliphatic rings. The lowest BCUT2D eigenvalue weighted by molar-refractivity contribution is 0.178. The van der Waals surface area contributed by atoms with Gasteiger partial charge in [0.2, 0.25) is 0 Å². The third-order valence-corrected chi connectivity index (χ3v) is 2.73. The molecule has 0 saturated carbocycles. The van der Waals surface area contributed by atoms with Crippen LogP contribution >= 0.6 is 0 Å². The molecule has 5 heteroatoms. The van der Waals surface area contributed by atoms with Gasteiger partial charge in [-0.15, -0.1) is 0 Å². The third kappa shape index (κ3) is 4.37. The highest BCUT2D eigenvalue weighted by Crippen LogP contribution is 2.04. The van der Waals surface area contributed by atoms with Crippen molar-refractivity contribution in [2.75, 3.05) is 32.8 Å². The maximum atomic E-state index is 11.9. The topological polar surface area (TPSA) is 67.6 Å². The monoisotopic (exact) mass is 229 g/mol. The van der Waals surface area contributed by atoms with Crippen molar-refractivity contribution in [3.8, 4) is 0 Å². The first kappa shape index (κ1) is 13.3. The Morgan fingerprint density at radius 2 is 2.38 bits per heavy atom. The van der Waals surface area contributed by atoms with E-state index >= 15 is 0 Å². The number of carbonyl (C=O) groups is 1. The van der Waals surface area contributed by atoms with Crippen LogP contribution < -0.4 is 11.1 Å². The molecule has 2 amide bonds. The first-order chi connectivity index (χ1) is 7.77. The second-order valence-corrected chi connectivity index (χ2v) is 4.14. The maximum Gasteiger partial charge on any atom is 0.317 e. The van der Waals surface area contributed by atoms with E-state index in [-0.39, 0.29) is 12.1 Å². The third-order valence-electron chi connectivity index (χ3n) is 2.73. The van der Waals surface area contributed by atoms with Crippen molar-refractivity contribution in [2.24, 2.45) is 5.73 Å². The molecule has 1 unspecified atom stereocenters. The maximum absolute atomic E-state index is 11.9. The van der Waals surface area contributed by atoms with Gasteiger partial charge in [-0.25, -0.2) is 4.79 Å². The Labute approximate surface area is 97.3 Å². The zero-order valence-electron chi connectivity index (χ0n) is 10.1. The van der Waals surface area contributed by atoms with Gasteiger partial charge in [0, 0.05) is 26.2 Å². The highest BCUT2D eigenvalue weighted by molar-refractivity contribution is 5.74. The van der Waals surface area contributed by atoms with Crippen LogP contribution in [0, 0.1) is 0 Å². The molecule has 3 N–H and O–H groups in total. The largest absolute Gasteiger partial charge is 0.379 e. The van der Waals surface area contributed by atoms with Crippen LogP contribution in [0.25, 0.3) is 0 Å². The molecular weight excluding hydrogens is 206 g/mol. The first-order valence-corrected chi connectivity index (χ1v) is 6.11. The van der Waals surface area contributed by atoms with E-state index in [1.54, 1.807) is 4.90 Å². The van der Waals surface area contributed by atoms with Crippen molar-refractivity contribution < 1.29 is 9.53 Å². The van der Waals surface area contributed by atoms with Gasteiger partial charge in [-0.2, -0.15) is 0 Å². The predicted molar refractivity (Wildman–Crippen MR) is 63.3 cm³/mol. The Kier molecular flexibility index (Phi) is 6.18. The summed E-state index contributed by atoms with van der Waals surface area (Å²) in [5.74, 6) is 0. The minimum atomic E-state index is -0.00519. The Morgan fingerprint density at radius 1 is 1.56 bits per heavy atom. The molecule has 1 fully saturated rings. The quantitative estimate of drug-likeness (QED) is 0.699. The molecule has 1 aliphatic heterocycles. The zero-order chi connectivity index (χ0) is 11.8. The molecule has 0 spiro atoms. The average Bonchev–Trinajstić information content (AvgIpc) is 2.76. The van der Waals surface area contributed by atoms with Gasteiger partial charge in [0.1, 0.15) is 0 Å². The van der Waals surface area contributed by atoms with Gasteiger partial charge in [-0.1, -0.05) is 13.3 Å². The lowest BCUT2D eigenvalue weighted by atomic mass is 10.2. The van der Waals surface area contributed by atoms with Gasteiger partial charge in [0.05, 0.1) is 12.6 Å². The molecule has 0 aromatic heterocycles. The lowest BCUT2D eigenvalue weighted by Gasteiger charge is -2.24. The average molecular weight is 229 g/mol. The van der Waals surface area contributed by atoms with E-state index in [2.05, 4.69) is 12.2 Å². The molecule has 0 radical (unpaired) electrons. The summed E-state index contributed by atoms with van der Waals surface area (Å²) in [4.78, 5) is 13.7. The van der Waals surface area contributed by atoms with Crippen LogP contribution in [-0.2, 0) is 4.74 Å². The lowest BCUT2D eigenvalue weighted by Crippen LogP contribution is -2.47. The van der Waals surface area contributed by atoms with E-state index in [1.165, 1.54) is 0 Å². The molecular formula is C11H23N3O2. The summed E-state index contributed by atoms with van der Waals surface area (Å²) in [6, 6.07) is 0.170. The molecule has 0 aromatic carbocycles. The fourth-order valence-corrected chi connectivity index (χ4v) is 1.73. The summed E-state index contributed by atoms with van der Waals surface area (Å²) in [5.41, 5.74) is 5.50. The van der Waals surface area contributed by atoms with E-state index in [4.69, 9.17) is 10.5 Å². The highest BCUT2D eigenvalue weighted by Gasteiger charge is 2.20. The van der Waals surface area contributed by atoms with Gasteiger partial charge in [-0.05, 0) is 12.8 Å². The number of hydrogen-bond acceptors (Lipinski definition) is 3. The molecule has 1 saturated heterocycles. The Balaban J connectivity index is 2.32. The molecule has 0 bridgehead atoms. The van der Waals surface area contributed by atoms with Crippen LogP contribution in [0.4, 0.5) is 4.79 Å². The zero-order valence-corrected chi connectivity index (χ0v) is 10.1. The van der Waals surface area contributed by atoms with Crippen molar-refractivity contribution in [1.82, 2.24) is 10.2 Å². The fraction of sp³-hybridized carbons (Fsp3) is 0.909. The van der Waals surface area contributed by atoms with Gasteiger partial charge >= 0.3 is 6.03 Å². The Morgan fingerprint density at radius 3 is 2.94 bits per heavy atom. The summed E-state index contributed by atoms with van der Waals surface area (Å²) in [6.07, 6.45) is 3.02. The van der Waals surface area contributed by atoms with E-state index in [9.17, 15) is 4.79 Å². The smallest absolute Gasteiger partial charge is 0.317 e. The van der Waals surface area contributed by atoms with Crippen molar-refractivity contribution in [3.05, 3.63) is 0 Å². The second kappa shape index (κ2) is 7.46. The Hall–Kier alpha value is -0.810. The van der Waals surface area contributed by atoms with Crippen LogP contribution in [-0.4, -0.2) is 49.8 Å². The van der Waals surface area contributed by atoms with Gasteiger partial charge < -0.3 is 20.7 Å². The highest BCUT2D eigenvalue weighted by atomic mass is 16.5. The minimum Gasteiger partial charge on any atom is -0.379 e. The molecule has 94 valence electrons. The number of hydrogen-bond donors (Lipinski definition) is 2. The number of nitrogens with zero attached hydrogens (tertiary/aromatic N) is 1. The van der Waals surface area contributed by atoms with E-state index in [1.807, 2.05) is 0 Å². The number of unbranched alkanes of at least 4 members (excludes halogenated alkanes) is 1. The second-order valence-electron chi connectivity index (χ2n) is 4.14. The molecule has 0 aliphatic carbocycles. The number of rotatable bonds is 6. The van der Waals surface area contributed by atoms with Crippen molar-refractivity contribution in [2.45, 2.75) is 32.2 Å². The predicted octanol–water partition coefficient (Wildman–Crippen LogP) is 0.546. The van der Waals surface area contributed by atoms with Crippen LogP contribution in [0.1, 0.15) is 26.2 Å². The summed E-state index contributed by atoms with van der Waals surface area (Å²) >= 11 is 0. The van der Waals surface area contributed by atoms with Crippen molar-refractivity contribution in [1.29, 1.82) is 0 Å². The summed E-state index contributed by atoms with van der Waals surface area (Å²) in [5, 5.41) is 2.98. The van der Waals surface area contributed by atoms with Gasteiger partial charge in [0.15, 0.2) is 0 Å². The number of nitrogens with one attached hydrogen (secondary N) is 1. The summed E-state index contributed by atoms with van der Waals surface area (Å²) in [7, 11) is 0. The number of urea groups is 1. The van der Waals surface area contributed by atoms with Gasteiger partial charge in [0.25, 0.3) is 0 Å². The fourth-order valence-electron chi connectivity index (χ4n) is 1.73. The molecule has 1 rings (SSSR count). The number of ether oxygens (including phenoxy) is 1. The van der Waals surface area contributed by atoms with Crippen molar-refractivity contribution in [3.63, 3.8) is 0 Å².